The topological polar surface area (TPSA) is 300 Å². The monoisotopic (exact) mass is 662 g/mol. The van der Waals surface area contributed by atoms with Gasteiger partial charge >= 0.3 is 0 Å². The van der Waals surface area contributed by atoms with Crippen molar-refractivity contribution in [3.63, 3.8) is 0 Å². The van der Waals surface area contributed by atoms with E-state index < -0.39 is 75.6 Å². The maximum absolute atomic E-state index is 12.3. The van der Waals surface area contributed by atoms with Crippen molar-refractivity contribution >= 4 is 38.4 Å². The molecule has 0 radical (unpaired) electrons. The number of imidazole rings is 1. The third-order valence-electron chi connectivity index (χ3n) is 6.34. The van der Waals surface area contributed by atoms with Crippen molar-refractivity contribution < 1.29 is 56.9 Å². The van der Waals surface area contributed by atoms with Gasteiger partial charge in [-0.1, -0.05) is 32.9 Å². The summed E-state index contributed by atoms with van der Waals surface area (Å²) in [5, 5.41) is 22.7. The van der Waals surface area contributed by atoms with E-state index in [1.54, 1.807) is 26.8 Å². The summed E-state index contributed by atoms with van der Waals surface area (Å²) in [7, 11) is -11.4. The molecule has 1 aliphatic rings. The number of para-hydroxylation sites is 1. The van der Waals surface area contributed by atoms with Gasteiger partial charge < -0.3 is 44.3 Å². The van der Waals surface area contributed by atoms with Crippen LogP contribution >= 0.6 is 15.6 Å². The lowest BCUT2D eigenvalue weighted by atomic mass is 9.84. The van der Waals surface area contributed by atoms with Gasteiger partial charge in [0.1, 0.15) is 25.1 Å². The number of hydrogen-bond acceptors (Lipinski definition) is 16. The van der Waals surface area contributed by atoms with Gasteiger partial charge in [-0.05, 0) is 11.5 Å². The van der Waals surface area contributed by atoms with E-state index in [-0.39, 0.29) is 28.4 Å². The van der Waals surface area contributed by atoms with Crippen LogP contribution in [0.5, 0.6) is 0 Å². The Labute approximate surface area is 247 Å². The number of aliphatic hydroxyl groups is 1. The molecule has 1 fully saturated rings. The number of nitrogens with zero attached hydrogens (tertiary/aromatic N) is 4. The number of rotatable bonds is 12. The Morgan fingerprint density at radius 2 is 1.95 bits per heavy atom. The first-order valence-corrected chi connectivity index (χ1v) is 15.6. The first kappa shape index (κ1) is 33.8. The van der Waals surface area contributed by atoms with Crippen molar-refractivity contribution in [3.8, 4) is 0 Å². The number of H-pyrrole nitrogens is 1. The molecule has 7 atom stereocenters. The van der Waals surface area contributed by atoms with Gasteiger partial charge in [0.05, 0.1) is 29.5 Å². The summed E-state index contributed by atoms with van der Waals surface area (Å²) in [6.45, 7) is 3.74. The minimum absolute atomic E-state index is 0.0996. The zero-order valence-electron chi connectivity index (χ0n) is 23.2. The lowest BCUT2D eigenvalue weighted by Gasteiger charge is -2.31. The number of nitrogens with two attached hydrogens (primary N) is 1. The number of benzene rings is 1. The van der Waals surface area contributed by atoms with Crippen LogP contribution in [0.25, 0.3) is 11.2 Å². The minimum atomic E-state index is -5.74. The fraction of sp³-hybridized carbons (Fsp3) is 0.500. The van der Waals surface area contributed by atoms with Crippen molar-refractivity contribution in [1.82, 2.24) is 19.5 Å². The predicted molar refractivity (Wildman–Crippen MR) is 143 cm³/mol. The molecule has 0 spiro atoms. The second-order valence-corrected chi connectivity index (χ2v) is 13.3. The number of nitro groups is 1. The Kier molecular flexibility index (Phi) is 9.74. The smallest absolute Gasteiger partial charge is 0.280 e. The van der Waals surface area contributed by atoms with E-state index in [4.69, 9.17) is 24.8 Å². The molecule has 1 aliphatic heterocycles. The van der Waals surface area contributed by atoms with Crippen LogP contribution < -0.4 is 21.1 Å². The lowest BCUT2D eigenvalue weighted by molar-refractivity contribution is -0.386. The second-order valence-electron chi connectivity index (χ2n) is 10.6. The van der Waals surface area contributed by atoms with Crippen LogP contribution in [-0.2, 0) is 32.2 Å². The number of ether oxygens (including phenoxy) is 3. The molecule has 44 heavy (non-hydrogen) atoms. The number of nitrogens with one attached hydrogen (secondary N) is 1. The van der Waals surface area contributed by atoms with Crippen LogP contribution in [-0.4, -0.2) is 66.2 Å². The Balaban J connectivity index is 1.62. The molecule has 3 heterocycles. The maximum Gasteiger partial charge on any atom is 0.280 e. The van der Waals surface area contributed by atoms with Crippen molar-refractivity contribution in [1.29, 1.82) is 0 Å². The fourth-order valence-electron chi connectivity index (χ4n) is 4.57. The molecule has 1 aromatic carbocycles. The number of anilines is 1. The fourth-order valence-corrected chi connectivity index (χ4v) is 6.10. The number of phosphoric acid groups is 2. The molecular weight excluding hydrogens is 634 g/mol. The normalized spacial score (nSPS) is 24.2. The number of hydrogen-bond donors (Lipinski definition) is 4. The third-order valence-corrected chi connectivity index (χ3v) is 8.43. The van der Waals surface area contributed by atoms with Gasteiger partial charge in [0, 0.05) is 6.07 Å². The first-order chi connectivity index (χ1) is 20.4. The van der Waals surface area contributed by atoms with E-state index in [0.29, 0.717) is 0 Å². The van der Waals surface area contributed by atoms with Gasteiger partial charge in [-0.25, -0.2) is 9.29 Å². The third kappa shape index (κ3) is 7.74. The van der Waals surface area contributed by atoms with Gasteiger partial charge in [-0.2, -0.15) is 4.98 Å². The van der Waals surface area contributed by atoms with Gasteiger partial charge in [0.15, 0.2) is 17.4 Å². The first-order valence-electron chi connectivity index (χ1n) is 12.6. The summed E-state index contributed by atoms with van der Waals surface area (Å²) in [6.07, 6.45) is -5.80. The molecule has 4 unspecified atom stereocenters. The highest BCUT2D eigenvalue weighted by atomic mass is 31.3. The van der Waals surface area contributed by atoms with Crippen molar-refractivity contribution in [2.24, 2.45) is 5.41 Å². The van der Waals surface area contributed by atoms with E-state index in [1.165, 1.54) is 22.8 Å². The zero-order chi connectivity index (χ0) is 32.6. The van der Waals surface area contributed by atoms with Crippen LogP contribution in [0.4, 0.5) is 11.6 Å². The number of phosphoric ester groups is 1. The molecule has 3 aromatic rings. The summed E-state index contributed by atoms with van der Waals surface area (Å²) >= 11 is 0. The SMILES string of the molecule is CC(C)(C)C(OCO[C@H]1C(O)[C@@H](COP(=O)([O-])OP(=O)([O-])O)O[C@H]1n1cnc2c(=O)[nH]c(N)nc21)c1ccccc1[N+](=O)[O-]. The lowest BCUT2D eigenvalue weighted by Crippen LogP contribution is -2.37. The zero-order valence-corrected chi connectivity index (χ0v) is 25.0. The summed E-state index contributed by atoms with van der Waals surface area (Å²) in [6, 6.07) is 5.95. The van der Waals surface area contributed by atoms with E-state index in [2.05, 4.69) is 23.8 Å². The highest BCUT2D eigenvalue weighted by Gasteiger charge is 2.47. The average Bonchev–Trinajstić information content (AvgIpc) is 3.44. The van der Waals surface area contributed by atoms with E-state index in [1.807, 2.05) is 0 Å². The molecule has 0 amide bonds. The van der Waals surface area contributed by atoms with Crippen LogP contribution in [0.15, 0.2) is 35.4 Å². The standard InChI is InChI=1S/C22H30N6O14P2/c1-22(2,3)17(11-6-4-5-7-12(11)28(31)32)39-10-38-16-15(29)13(8-40-44(36,37)42-43(33,34)35)41-20(16)27-9-24-14-18(27)25-21(23)26-19(14)30/h4-7,9,13,15-17,20,29H,8,10H2,1-3H3,(H,36,37)(H2,33,34,35)(H3,23,25,26,30)/p-2/t13-,15?,16+,17?,20-/m1/s1. The summed E-state index contributed by atoms with van der Waals surface area (Å²) in [5.41, 5.74) is 4.07. The average molecular weight is 662 g/mol. The second kappa shape index (κ2) is 12.7. The molecule has 0 saturated carbocycles. The molecule has 20 nitrogen and oxygen atoms in total. The molecule has 0 bridgehead atoms. The number of nitro benzene ring substituents is 1. The molecular formula is C22H28N6O14P2-2. The highest BCUT2D eigenvalue weighted by molar-refractivity contribution is 7.59. The van der Waals surface area contributed by atoms with Crippen molar-refractivity contribution in [2.75, 3.05) is 19.1 Å². The summed E-state index contributed by atoms with van der Waals surface area (Å²) in [5.74, 6) is -0.281. The van der Waals surface area contributed by atoms with Gasteiger partial charge in [0.2, 0.25) is 5.95 Å². The van der Waals surface area contributed by atoms with Crippen LogP contribution in [0.1, 0.15) is 38.7 Å². The molecule has 5 N–H and O–H groups in total. The number of fused-ring (bicyclic) bond motifs is 1. The Bertz CT molecular complexity index is 1670. The van der Waals surface area contributed by atoms with E-state index in [9.17, 15) is 38.9 Å². The van der Waals surface area contributed by atoms with Crippen molar-refractivity contribution in [3.05, 3.63) is 56.6 Å². The van der Waals surface area contributed by atoms with Crippen LogP contribution in [0.2, 0.25) is 0 Å². The predicted octanol–water partition coefficient (Wildman–Crippen LogP) is -0.0227. The summed E-state index contributed by atoms with van der Waals surface area (Å²) in [4.78, 5) is 65.1. The molecule has 2 aromatic heterocycles. The van der Waals surface area contributed by atoms with E-state index in [0.717, 1.165) is 6.33 Å². The highest BCUT2D eigenvalue weighted by Crippen LogP contribution is 2.53. The number of aromatic nitrogens is 4. The maximum atomic E-state index is 12.3. The van der Waals surface area contributed by atoms with Gasteiger partial charge in [-0.3, -0.25) is 33.6 Å². The van der Waals surface area contributed by atoms with Crippen molar-refractivity contribution in [2.45, 2.75) is 51.4 Å². The minimum Gasteiger partial charge on any atom is -0.756 e. The Morgan fingerprint density at radius 3 is 2.59 bits per heavy atom. The molecule has 0 aliphatic carbocycles. The van der Waals surface area contributed by atoms with Crippen LogP contribution in [0, 0.1) is 15.5 Å². The van der Waals surface area contributed by atoms with Gasteiger partial charge in [0.25, 0.3) is 26.9 Å². The van der Waals surface area contributed by atoms with E-state index >= 15 is 0 Å². The molecule has 242 valence electrons. The Morgan fingerprint density at radius 1 is 1.27 bits per heavy atom. The number of aliphatic hydroxyl groups excluding tert-OH is 1. The van der Waals surface area contributed by atoms with Gasteiger partial charge in [-0.15, -0.1) is 0 Å². The Hall–Kier alpha value is -3.13. The number of nitrogen functional groups attached to an aromatic ring is 1. The molecule has 1 saturated heterocycles. The number of aromatic amines is 1. The quantitative estimate of drug-likeness (QED) is 0.0856. The summed E-state index contributed by atoms with van der Waals surface area (Å²) < 4.78 is 49.4. The largest absolute Gasteiger partial charge is 0.756 e. The molecule has 22 heteroatoms. The van der Waals surface area contributed by atoms with Crippen LogP contribution in [0.3, 0.4) is 0 Å². The molecule has 4 rings (SSSR count).